The molecular weight excluding hydrogens is 200 g/mol. The highest BCUT2D eigenvalue weighted by molar-refractivity contribution is 5.80. The molecule has 0 atom stereocenters. The van der Waals surface area contributed by atoms with E-state index >= 15 is 0 Å². The average molecular weight is 218 g/mol. The Balaban J connectivity index is 3.27. The summed E-state index contributed by atoms with van der Waals surface area (Å²) in [6.45, 7) is 4.08. The summed E-state index contributed by atoms with van der Waals surface area (Å²) in [5.74, 6) is -0.951. The topological polar surface area (TPSA) is 65.0 Å². The van der Waals surface area contributed by atoms with Crippen LogP contribution in [0.1, 0.15) is 6.92 Å². The number of carboxylic acids is 1. The van der Waals surface area contributed by atoms with Gasteiger partial charge in [0.1, 0.15) is 0 Å². The quantitative estimate of drug-likeness (QED) is 0.456. The van der Waals surface area contributed by atoms with Crippen molar-refractivity contribution in [3.63, 3.8) is 0 Å². The van der Waals surface area contributed by atoms with Crippen molar-refractivity contribution in [3.05, 3.63) is 11.6 Å². The third-order valence-corrected chi connectivity index (χ3v) is 1.50. The van der Waals surface area contributed by atoms with Gasteiger partial charge < -0.3 is 19.3 Å². The highest BCUT2D eigenvalue weighted by Crippen LogP contribution is 1.93. The van der Waals surface area contributed by atoms with Crippen LogP contribution in [0.5, 0.6) is 0 Å². The van der Waals surface area contributed by atoms with Gasteiger partial charge in [0.05, 0.1) is 33.0 Å². The summed E-state index contributed by atoms with van der Waals surface area (Å²) in [6.07, 6.45) is 1.13. The van der Waals surface area contributed by atoms with Crippen molar-refractivity contribution in [2.75, 3.05) is 40.1 Å². The minimum Gasteiger partial charge on any atom is -0.478 e. The van der Waals surface area contributed by atoms with E-state index in [4.69, 9.17) is 19.3 Å². The lowest BCUT2D eigenvalue weighted by atomic mass is 10.3. The Kier molecular flexibility index (Phi) is 9.05. The van der Waals surface area contributed by atoms with Gasteiger partial charge in [0.2, 0.25) is 0 Å². The fourth-order valence-corrected chi connectivity index (χ4v) is 0.848. The molecule has 0 saturated heterocycles. The average Bonchev–Trinajstić information content (AvgIpc) is 2.15. The van der Waals surface area contributed by atoms with Crippen molar-refractivity contribution in [1.29, 1.82) is 0 Å². The first-order chi connectivity index (χ1) is 7.16. The maximum absolute atomic E-state index is 10.2. The number of carboxylic acid groups (broad SMARTS) is 1. The zero-order chi connectivity index (χ0) is 11.5. The van der Waals surface area contributed by atoms with E-state index in [9.17, 15) is 4.79 Å². The summed E-state index contributed by atoms with van der Waals surface area (Å²) in [5, 5.41) is 8.41. The molecule has 0 aromatic carbocycles. The van der Waals surface area contributed by atoms with Crippen molar-refractivity contribution < 1.29 is 24.1 Å². The highest BCUT2D eigenvalue weighted by atomic mass is 16.5. The van der Waals surface area contributed by atoms with Gasteiger partial charge in [0.25, 0.3) is 0 Å². The van der Waals surface area contributed by atoms with Crippen LogP contribution in [-0.4, -0.2) is 51.2 Å². The third kappa shape index (κ3) is 11.0. The predicted molar refractivity (Wildman–Crippen MR) is 54.9 cm³/mol. The second kappa shape index (κ2) is 9.64. The van der Waals surface area contributed by atoms with Crippen LogP contribution in [0.15, 0.2) is 11.6 Å². The van der Waals surface area contributed by atoms with Crippen LogP contribution in [0, 0.1) is 0 Å². The Labute approximate surface area is 89.6 Å². The normalized spacial score (nSPS) is 11.7. The molecule has 0 aliphatic carbocycles. The zero-order valence-corrected chi connectivity index (χ0v) is 9.19. The second-order valence-electron chi connectivity index (χ2n) is 2.99. The Hall–Kier alpha value is -0.910. The first-order valence-corrected chi connectivity index (χ1v) is 4.71. The molecular formula is C10H18O5. The lowest BCUT2D eigenvalue weighted by Gasteiger charge is -2.05. The van der Waals surface area contributed by atoms with Gasteiger partial charge in [-0.3, -0.25) is 0 Å². The molecule has 1 N–H and O–H groups in total. The molecule has 0 aliphatic rings. The molecule has 0 bridgehead atoms. The monoisotopic (exact) mass is 218 g/mol. The SMILES string of the molecule is COCCOCCOCC(C)=CC(=O)O. The van der Waals surface area contributed by atoms with Crippen LogP contribution in [0.3, 0.4) is 0 Å². The molecule has 0 heterocycles. The maximum Gasteiger partial charge on any atom is 0.328 e. The minimum absolute atomic E-state index is 0.319. The van der Waals surface area contributed by atoms with Gasteiger partial charge in [0.15, 0.2) is 0 Å². The van der Waals surface area contributed by atoms with Crippen molar-refractivity contribution in [1.82, 2.24) is 0 Å². The Morgan fingerprint density at radius 3 is 2.40 bits per heavy atom. The van der Waals surface area contributed by atoms with Gasteiger partial charge >= 0.3 is 5.97 Å². The summed E-state index contributed by atoms with van der Waals surface area (Å²) in [7, 11) is 1.61. The molecule has 0 aromatic rings. The molecule has 0 amide bonds. The van der Waals surface area contributed by atoms with E-state index in [0.29, 0.717) is 38.6 Å². The number of ether oxygens (including phenoxy) is 3. The molecule has 88 valence electrons. The lowest BCUT2D eigenvalue weighted by molar-refractivity contribution is -0.131. The number of hydrogen-bond donors (Lipinski definition) is 1. The van der Waals surface area contributed by atoms with Crippen LogP contribution >= 0.6 is 0 Å². The summed E-state index contributed by atoms with van der Waals surface area (Å²) in [6, 6.07) is 0. The first-order valence-electron chi connectivity index (χ1n) is 4.71. The van der Waals surface area contributed by atoms with Crippen LogP contribution < -0.4 is 0 Å². The predicted octanol–water partition coefficient (Wildman–Crippen LogP) is 0.697. The van der Waals surface area contributed by atoms with Crippen LogP contribution in [0.4, 0.5) is 0 Å². The van der Waals surface area contributed by atoms with Crippen LogP contribution in [0.2, 0.25) is 0 Å². The number of rotatable bonds is 9. The Bertz CT molecular complexity index is 200. The van der Waals surface area contributed by atoms with Crippen molar-refractivity contribution in [2.45, 2.75) is 6.92 Å². The largest absolute Gasteiger partial charge is 0.478 e. The fraction of sp³-hybridized carbons (Fsp3) is 0.700. The van der Waals surface area contributed by atoms with E-state index in [1.807, 2.05) is 0 Å². The lowest BCUT2D eigenvalue weighted by Crippen LogP contribution is -2.09. The molecule has 0 unspecified atom stereocenters. The second-order valence-corrected chi connectivity index (χ2v) is 2.99. The first kappa shape index (κ1) is 14.1. The zero-order valence-electron chi connectivity index (χ0n) is 9.19. The Morgan fingerprint density at radius 1 is 1.20 bits per heavy atom. The standard InChI is InChI=1S/C10H18O5/c1-9(7-10(11)12)8-15-6-5-14-4-3-13-2/h7H,3-6,8H2,1-2H3,(H,11,12). The van der Waals surface area contributed by atoms with E-state index in [-0.39, 0.29) is 0 Å². The molecule has 0 aliphatic heterocycles. The van der Waals surface area contributed by atoms with E-state index in [2.05, 4.69) is 0 Å². The Morgan fingerprint density at radius 2 is 1.80 bits per heavy atom. The molecule has 0 spiro atoms. The molecule has 0 radical (unpaired) electrons. The summed E-state index contributed by atoms with van der Waals surface area (Å²) < 4.78 is 15.1. The van der Waals surface area contributed by atoms with Crippen LogP contribution in [-0.2, 0) is 19.0 Å². The van der Waals surface area contributed by atoms with Crippen molar-refractivity contribution in [2.24, 2.45) is 0 Å². The van der Waals surface area contributed by atoms with Gasteiger partial charge in [-0.2, -0.15) is 0 Å². The number of hydrogen-bond acceptors (Lipinski definition) is 4. The number of aliphatic carboxylic acids is 1. The van der Waals surface area contributed by atoms with Crippen molar-refractivity contribution in [3.8, 4) is 0 Å². The maximum atomic E-state index is 10.2. The summed E-state index contributed by atoms with van der Waals surface area (Å²) >= 11 is 0. The van der Waals surface area contributed by atoms with Gasteiger partial charge in [-0.1, -0.05) is 0 Å². The van der Waals surface area contributed by atoms with Gasteiger partial charge in [-0.05, 0) is 12.5 Å². The van der Waals surface area contributed by atoms with E-state index in [0.717, 1.165) is 6.08 Å². The van der Waals surface area contributed by atoms with E-state index in [1.54, 1.807) is 14.0 Å². The summed E-state index contributed by atoms with van der Waals surface area (Å²) in [4.78, 5) is 10.2. The molecule has 0 aromatic heterocycles. The smallest absolute Gasteiger partial charge is 0.328 e. The summed E-state index contributed by atoms with van der Waals surface area (Å²) in [5.41, 5.74) is 0.680. The molecule has 0 saturated carbocycles. The molecule has 5 nitrogen and oxygen atoms in total. The van der Waals surface area contributed by atoms with Gasteiger partial charge in [0, 0.05) is 13.2 Å². The third-order valence-electron chi connectivity index (χ3n) is 1.50. The van der Waals surface area contributed by atoms with Gasteiger partial charge in [-0.15, -0.1) is 0 Å². The number of carbonyl (C=O) groups is 1. The highest BCUT2D eigenvalue weighted by Gasteiger charge is 1.95. The van der Waals surface area contributed by atoms with E-state index in [1.165, 1.54) is 0 Å². The molecule has 0 rings (SSSR count). The van der Waals surface area contributed by atoms with Crippen LogP contribution in [0.25, 0.3) is 0 Å². The number of methoxy groups -OCH3 is 1. The molecule has 15 heavy (non-hydrogen) atoms. The molecule has 5 heteroatoms. The molecule has 0 fully saturated rings. The van der Waals surface area contributed by atoms with Crippen molar-refractivity contribution >= 4 is 5.97 Å². The van der Waals surface area contributed by atoms with E-state index < -0.39 is 5.97 Å². The minimum atomic E-state index is -0.951. The van der Waals surface area contributed by atoms with Gasteiger partial charge in [-0.25, -0.2) is 4.79 Å². The fourth-order valence-electron chi connectivity index (χ4n) is 0.848.